The summed E-state index contributed by atoms with van der Waals surface area (Å²) in [7, 11) is 0. The summed E-state index contributed by atoms with van der Waals surface area (Å²) in [6.07, 6.45) is -7.95. The molecule has 1 saturated carbocycles. The van der Waals surface area contributed by atoms with Crippen LogP contribution in [0.4, 0.5) is 26.3 Å². The van der Waals surface area contributed by atoms with Gasteiger partial charge in [0.05, 0.1) is 0 Å². The van der Waals surface area contributed by atoms with Crippen LogP contribution < -0.4 is 9.47 Å². The van der Waals surface area contributed by atoms with Gasteiger partial charge >= 0.3 is 18.5 Å². The van der Waals surface area contributed by atoms with Crippen LogP contribution in [-0.4, -0.2) is 30.7 Å². The van der Waals surface area contributed by atoms with Crippen LogP contribution in [0, 0.1) is 5.92 Å². The molecule has 1 heterocycles. The lowest BCUT2D eigenvalue weighted by molar-refractivity contribution is -0.274. The maximum Gasteiger partial charge on any atom is 0.573 e. The highest BCUT2D eigenvalue weighted by atomic mass is 32.1. The van der Waals surface area contributed by atoms with Gasteiger partial charge in [0, 0.05) is 21.2 Å². The van der Waals surface area contributed by atoms with E-state index in [-0.39, 0.29) is 29.9 Å². The number of halogens is 6. The monoisotopic (exact) mass is 586 g/mol. The highest BCUT2D eigenvalue weighted by Gasteiger charge is 2.55. The Labute approximate surface area is 231 Å². The lowest BCUT2D eigenvalue weighted by Crippen LogP contribution is -2.41. The zero-order chi connectivity index (χ0) is 29.1. The number of unbranched alkanes of at least 4 members (excludes halogenated alkanes) is 2. The van der Waals surface area contributed by atoms with Gasteiger partial charge in [0.2, 0.25) is 0 Å². The standard InChI is InChI=1S/C29H28F6O4S/c1-3-5-6-7-17-8-11-20(23(14-17)39-29(33,34)35)25-15-18-9-10-19(16-24(18)40-25)37-21-12-13-22(38-26(36)4-2)27(21)28(30,31)32/h4,8-11,14-16,21-22,27H,2-3,5-7,12-13H2,1H3. The highest BCUT2D eigenvalue weighted by Crippen LogP contribution is 2.45. The topological polar surface area (TPSA) is 44.8 Å². The van der Waals surface area contributed by atoms with Gasteiger partial charge in [0.1, 0.15) is 29.6 Å². The number of esters is 1. The molecule has 40 heavy (non-hydrogen) atoms. The van der Waals surface area contributed by atoms with Crippen molar-refractivity contribution >= 4 is 27.4 Å². The molecule has 0 N–H and O–H groups in total. The van der Waals surface area contributed by atoms with Gasteiger partial charge in [-0.2, -0.15) is 13.2 Å². The average Bonchev–Trinajstić information content (AvgIpc) is 3.46. The first-order valence-electron chi connectivity index (χ1n) is 12.9. The maximum absolute atomic E-state index is 13.8. The van der Waals surface area contributed by atoms with Gasteiger partial charge in [-0.3, -0.25) is 0 Å². The van der Waals surface area contributed by atoms with Crippen LogP contribution in [0.25, 0.3) is 20.5 Å². The van der Waals surface area contributed by atoms with Gasteiger partial charge in [-0.1, -0.05) is 32.4 Å². The lowest BCUT2D eigenvalue weighted by atomic mass is 10.0. The number of hydrogen-bond donors (Lipinski definition) is 0. The lowest BCUT2D eigenvalue weighted by Gasteiger charge is -2.27. The third-order valence-electron chi connectivity index (χ3n) is 6.73. The summed E-state index contributed by atoms with van der Waals surface area (Å²) in [5, 5.41) is 0.689. The molecule has 0 aliphatic heterocycles. The average molecular weight is 587 g/mol. The van der Waals surface area contributed by atoms with Gasteiger partial charge in [-0.15, -0.1) is 24.5 Å². The number of hydrogen-bond acceptors (Lipinski definition) is 5. The molecule has 0 radical (unpaired) electrons. The zero-order valence-corrected chi connectivity index (χ0v) is 22.4. The van der Waals surface area contributed by atoms with Crippen molar-refractivity contribution in [1.29, 1.82) is 0 Å². The summed E-state index contributed by atoms with van der Waals surface area (Å²) >= 11 is 1.18. The predicted octanol–water partition coefficient (Wildman–Crippen LogP) is 9.02. The van der Waals surface area contributed by atoms with Crippen molar-refractivity contribution in [1.82, 2.24) is 0 Å². The molecule has 216 valence electrons. The first-order valence-corrected chi connectivity index (χ1v) is 13.7. The molecule has 2 aromatic carbocycles. The van der Waals surface area contributed by atoms with E-state index in [0.717, 1.165) is 30.9 Å². The molecule has 4 rings (SSSR count). The zero-order valence-electron chi connectivity index (χ0n) is 21.6. The molecule has 1 fully saturated rings. The Morgan fingerprint density at radius 2 is 1.77 bits per heavy atom. The number of carbonyl (C=O) groups is 1. The molecule has 0 spiro atoms. The van der Waals surface area contributed by atoms with Crippen molar-refractivity contribution in [2.45, 2.75) is 70.2 Å². The van der Waals surface area contributed by atoms with Crippen molar-refractivity contribution in [2.24, 2.45) is 5.92 Å². The molecule has 0 bridgehead atoms. The van der Waals surface area contributed by atoms with Crippen LogP contribution in [0.1, 0.15) is 44.6 Å². The Kier molecular flexibility index (Phi) is 9.02. The van der Waals surface area contributed by atoms with Crippen molar-refractivity contribution in [3.63, 3.8) is 0 Å². The maximum atomic E-state index is 13.8. The van der Waals surface area contributed by atoms with Gasteiger partial charge in [-0.05, 0) is 73.0 Å². The van der Waals surface area contributed by atoms with Crippen LogP contribution in [0.3, 0.4) is 0 Å². The summed E-state index contributed by atoms with van der Waals surface area (Å²) in [6.45, 7) is 5.26. The number of thiophene rings is 1. The van der Waals surface area contributed by atoms with Crippen molar-refractivity contribution in [2.75, 3.05) is 0 Å². The van der Waals surface area contributed by atoms with Gasteiger partial charge in [0.25, 0.3) is 0 Å². The minimum Gasteiger partial charge on any atom is -0.490 e. The SMILES string of the molecule is C=CC(=O)OC1CCC(Oc2ccc3cc(-c4ccc(CCCCC)cc4OC(F)(F)F)sc3c2)C1C(F)(F)F. The van der Waals surface area contributed by atoms with E-state index in [9.17, 15) is 31.1 Å². The molecule has 1 aliphatic rings. The quantitative estimate of drug-likeness (QED) is 0.103. The van der Waals surface area contributed by atoms with Crippen LogP contribution in [-0.2, 0) is 16.0 Å². The molecule has 1 aromatic heterocycles. The number of benzene rings is 2. The number of carbonyl (C=O) groups excluding carboxylic acids is 1. The number of rotatable bonds is 10. The molecule has 3 unspecified atom stereocenters. The summed E-state index contributed by atoms with van der Waals surface area (Å²) < 4.78 is 96.8. The van der Waals surface area contributed by atoms with Crippen LogP contribution in [0.5, 0.6) is 11.5 Å². The minimum absolute atomic E-state index is 0.0176. The van der Waals surface area contributed by atoms with Crippen molar-refractivity contribution < 1.29 is 45.3 Å². The van der Waals surface area contributed by atoms with Crippen LogP contribution >= 0.6 is 11.3 Å². The second kappa shape index (κ2) is 12.1. The fraction of sp³-hybridized carbons (Fsp3) is 0.414. The van der Waals surface area contributed by atoms with Crippen molar-refractivity contribution in [3.05, 3.63) is 60.7 Å². The smallest absolute Gasteiger partial charge is 0.490 e. The summed E-state index contributed by atoms with van der Waals surface area (Å²) in [5.41, 5.74) is 1.00. The van der Waals surface area contributed by atoms with E-state index < -0.39 is 36.6 Å². The summed E-state index contributed by atoms with van der Waals surface area (Å²) in [6, 6.07) is 11.2. The van der Waals surface area contributed by atoms with E-state index in [2.05, 4.69) is 11.3 Å². The van der Waals surface area contributed by atoms with E-state index >= 15 is 0 Å². The Morgan fingerprint density at radius 1 is 1.02 bits per heavy atom. The fourth-order valence-electron chi connectivity index (χ4n) is 4.92. The molecular formula is C29H28F6O4S. The molecule has 4 nitrogen and oxygen atoms in total. The van der Waals surface area contributed by atoms with E-state index in [4.69, 9.17) is 9.47 Å². The molecule has 11 heteroatoms. The summed E-state index contributed by atoms with van der Waals surface area (Å²) in [5.74, 6) is -3.07. The Balaban J connectivity index is 1.59. The Hall–Kier alpha value is -3.21. The highest BCUT2D eigenvalue weighted by molar-refractivity contribution is 7.22. The number of alkyl halides is 6. The largest absolute Gasteiger partial charge is 0.573 e. The fourth-order valence-corrected chi connectivity index (χ4v) is 6.04. The van der Waals surface area contributed by atoms with Crippen LogP contribution in [0.15, 0.2) is 55.1 Å². The number of aryl methyl sites for hydroxylation is 1. The summed E-state index contributed by atoms with van der Waals surface area (Å²) in [4.78, 5) is 12.0. The van der Waals surface area contributed by atoms with Crippen LogP contribution in [0.2, 0.25) is 0 Å². The van der Waals surface area contributed by atoms with E-state index in [1.165, 1.54) is 23.5 Å². The second-order valence-corrected chi connectivity index (χ2v) is 10.7. The molecule has 3 atom stereocenters. The van der Waals surface area contributed by atoms with E-state index in [1.54, 1.807) is 30.3 Å². The third-order valence-corrected chi connectivity index (χ3v) is 7.87. The molecule has 1 aliphatic carbocycles. The Morgan fingerprint density at radius 3 is 2.45 bits per heavy atom. The Bertz CT molecular complexity index is 1350. The number of fused-ring (bicyclic) bond motifs is 1. The normalized spacial score (nSPS) is 19.5. The molecular weight excluding hydrogens is 558 g/mol. The van der Waals surface area contributed by atoms with E-state index in [1.807, 2.05) is 6.92 Å². The van der Waals surface area contributed by atoms with Gasteiger partial charge < -0.3 is 14.2 Å². The molecule has 3 aromatic rings. The minimum atomic E-state index is -4.87. The van der Waals surface area contributed by atoms with Crippen molar-refractivity contribution in [3.8, 4) is 21.9 Å². The second-order valence-electron chi connectivity index (χ2n) is 9.63. The first kappa shape index (κ1) is 29.8. The van der Waals surface area contributed by atoms with E-state index in [0.29, 0.717) is 21.4 Å². The predicted molar refractivity (Wildman–Crippen MR) is 140 cm³/mol. The first-order chi connectivity index (χ1) is 18.9. The number of ether oxygens (including phenoxy) is 3. The van der Waals surface area contributed by atoms with Gasteiger partial charge in [-0.25, -0.2) is 4.79 Å². The molecule has 0 saturated heterocycles. The van der Waals surface area contributed by atoms with Gasteiger partial charge in [0.15, 0.2) is 0 Å². The third kappa shape index (κ3) is 7.30. The molecule has 0 amide bonds.